The molecule has 8 nitrogen and oxygen atoms in total. The van der Waals surface area contributed by atoms with E-state index in [2.05, 4.69) is 64.8 Å². The fourth-order valence-electron chi connectivity index (χ4n) is 4.77. The van der Waals surface area contributed by atoms with Gasteiger partial charge in [0, 0.05) is 50.0 Å². The Bertz CT molecular complexity index is 1460. The standard InChI is InChI=1S/C31H36N6O2/c1-31(2,3)22-17-28(29(32-4)34-19-22)36-30(38)35-27-12-11-24(25-7-5-6-8-26(25)27)21-9-10-23(33-18-21)20-37-13-15-39-16-14-37/h5-12,17-19H,13-16,20H2,1-4H3,(H,32,34)(H2,35,36,38). The number of ether oxygens (including phenoxy) is 1. The fraction of sp³-hybridized carbons (Fsp3) is 0.323. The van der Waals surface area contributed by atoms with Gasteiger partial charge >= 0.3 is 6.03 Å². The molecule has 2 aromatic carbocycles. The minimum Gasteiger partial charge on any atom is -0.379 e. The molecule has 1 fully saturated rings. The normalized spacial score (nSPS) is 14.3. The average Bonchev–Trinajstić information content (AvgIpc) is 2.94. The van der Waals surface area contributed by atoms with Crippen LogP contribution in [0.25, 0.3) is 21.9 Å². The summed E-state index contributed by atoms with van der Waals surface area (Å²) in [6, 6.07) is 17.9. The molecule has 0 unspecified atom stereocenters. The molecular weight excluding hydrogens is 488 g/mol. The number of carbonyl (C=O) groups is 1. The number of hydrogen-bond donors (Lipinski definition) is 3. The van der Waals surface area contributed by atoms with Crippen LogP contribution in [0.5, 0.6) is 0 Å². The molecule has 1 aliphatic heterocycles. The smallest absolute Gasteiger partial charge is 0.323 e. The second kappa shape index (κ2) is 11.4. The molecule has 3 heterocycles. The Morgan fingerprint density at radius 3 is 2.36 bits per heavy atom. The van der Waals surface area contributed by atoms with E-state index >= 15 is 0 Å². The zero-order valence-corrected chi connectivity index (χ0v) is 23.0. The zero-order chi connectivity index (χ0) is 27.4. The van der Waals surface area contributed by atoms with E-state index in [4.69, 9.17) is 9.72 Å². The minimum atomic E-state index is -0.327. The molecule has 0 atom stereocenters. The molecule has 0 saturated carbocycles. The van der Waals surface area contributed by atoms with Crippen molar-refractivity contribution in [1.29, 1.82) is 0 Å². The van der Waals surface area contributed by atoms with E-state index in [1.54, 1.807) is 7.05 Å². The Hall–Kier alpha value is -4.01. The van der Waals surface area contributed by atoms with Gasteiger partial charge in [-0.25, -0.2) is 9.78 Å². The van der Waals surface area contributed by atoms with Crippen molar-refractivity contribution in [3.05, 3.63) is 78.2 Å². The summed E-state index contributed by atoms with van der Waals surface area (Å²) in [5.74, 6) is 0.614. The fourth-order valence-corrected chi connectivity index (χ4v) is 4.77. The van der Waals surface area contributed by atoms with Crippen molar-refractivity contribution in [1.82, 2.24) is 14.9 Å². The van der Waals surface area contributed by atoms with Crippen molar-refractivity contribution in [2.75, 3.05) is 49.3 Å². The van der Waals surface area contributed by atoms with Gasteiger partial charge in [0.25, 0.3) is 0 Å². The molecule has 8 heteroatoms. The van der Waals surface area contributed by atoms with Gasteiger partial charge < -0.3 is 20.7 Å². The van der Waals surface area contributed by atoms with Gasteiger partial charge in [-0.3, -0.25) is 9.88 Å². The maximum absolute atomic E-state index is 13.1. The van der Waals surface area contributed by atoms with E-state index in [9.17, 15) is 4.79 Å². The van der Waals surface area contributed by atoms with Crippen LogP contribution in [-0.2, 0) is 16.7 Å². The number of nitrogens with zero attached hydrogens (tertiary/aromatic N) is 3. The van der Waals surface area contributed by atoms with Gasteiger partial charge in [-0.2, -0.15) is 0 Å². The SMILES string of the molecule is CNc1ncc(C(C)(C)C)cc1NC(=O)Nc1ccc(-c2ccc(CN3CCOCC3)nc2)c2ccccc12. The first kappa shape index (κ1) is 26.6. The molecule has 2 amide bonds. The van der Waals surface area contributed by atoms with Crippen LogP contribution in [0.3, 0.4) is 0 Å². The average molecular weight is 525 g/mol. The monoisotopic (exact) mass is 524 g/mol. The number of benzene rings is 2. The molecule has 0 radical (unpaired) electrons. The highest BCUT2D eigenvalue weighted by Gasteiger charge is 2.18. The molecule has 4 aromatic rings. The van der Waals surface area contributed by atoms with Crippen LogP contribution < -0.4 is 16.0 Å². The highest BCUT2D eigenvalue weighted by Crippen LogP contribution is 2.34. The predicted molar refractivity (Wildman–Crippen MR) is 158 cm³/mol. The second-order valence-electron chi connectivity index (χ2n) is 10.8. The molecule has 202 valence electrons. The molecule has 39 heavy (non-hydrogen) atoms. The van der Waals surface area contributed by atoms with Crippen LogP contribution >= 0.6 is 0 Å². The summed E-state index contributed by atoms with van der Waals surface area (Å²) in [7, 11) is 1.79. The number of anilines is 3. The summed E-state index contributed by atoms with van der Waals surface area (Å²) in [6.45, 7) is 10.6. The van der Waals surface area contributed by atoms with E-state index in [1.165, 1.54) is 0 Å². The van der Waals surface area contributed by atoms with Gasteiger partial charge in [0.15, 0.2) is 0 Å². The quantitative estimate of drug-likeness (QED) is 0.282. The molecule has 2 aromatic heterocycles. The first-order valence-electron chi connectivity index (χ1n) is 13.4. The van der Waals surface area contributed by atoms with Gasteiger partial charge in [-0.1, -0.05) is 57.2 Å². The number of aromatic nitrogens is 2. The maximum Gasteiger partial charge on any atom is 0.323 e. The van der Waals surface area contributed by atoms with Gasteiger partial charge in [-0.05, 0) is 40.1 Å². The van der Waals surface area contributed by atoms with Crippen LogP contribution in [-0.4, -0.2) is 54.2 Å². The number of hydrogen-bond acceptors (Lipinski definition) is 6. The number of fused-ring (bicyclic) bond motifs is 1. The minimum absolute atomic E-state index is 0.0895. The maximum atomic E-state index is 13.1. The summed E-state index contributed by atoms with van der Waals surface area (Å²) in [6.07, 6.45) is 3.77. The Kier molecular flexibility index (Phi) is 7.77. The van der Waals surface area contributed by atoms with Crippen LogP contribution in [0.4, 0.5) is 22.0 Å². The van der Waals surface area contributed by atoms with Crippen molar-refractivity contribution < 1.29 is 9.53 Å². The number of urea groups is 1. The lowest BCUT2D eigenvalue weighted by atomic mass is 9.88. The lowest BCUT2D eigenvalue weighted by Crippen LogP contribution is -2.35. The topological polar surface area (TPSA) is 91.4 Å². The third-order valence-corrected chi connectivity index (χ3v) is 7.04. The Labute approximate surface area is 229 Å². The second-order valence-corrected chi connectivity index (χ2v) is 10.8. The number of pyridine rings is 2. The zero-order valence-electron chi connectivity index (χ0n) is 23.0. The molecule has 5 rings (SSSR count). The van der Waals surface area contributed by atoms with Crippen LogP contribution in [0.2, 0.25) is 0 Å². The number of rotatable bonds is 6. The highest BCUT2D eigenvalue weighted by atomic mass is 16.5. The van der Waals surface area contributed by atoms with Crippen molar-refractivity contribution in [2.45, 2.75) is 32.7 Å². The lowest BCUT2D eigenvalue weighted by molar-refractivity contribution is 0.0336. The number of morpholine rings is 1. The van der Waals surface area contributed by atoms with E-state index in [-0.39, 0.29) is 11.4 Å². The molecular formula is C31H36N6O2. The van der Waals surface area contributed by atoms with Crippen molar-refractivity contribution in [3.8, 4) is 11.1 Å². The number of nitrogens with one attached hydrogen (secondary N) is 3. The third kappa shape index (κ3) is 6.19. The largest absolute Gasteiger partial charge is 0.379 e. The van der Waals surface area contributed by atoms with E-state index in [0.29, 0.717) is 11.5 Å². The predicted octanol–water partition coefficient (Wildman–Crippen LogP) is 6.11. The van der Waals surface area contributed by atoms with Crippen LogP contribution in [0.15, 0.2) is 67.0 Å². The van der Waals surface area contributed by atoms with E-state index in [0.717, 1.165) is 71.7 Å². The van der Waals surface area contributed by atoms with Crippen LogP contribution in [0.1, 0.15) is 32.0 Å². The Morgan fingerprint density at radius 2 is 1.67 bits per heavy atom. The molecule has 1 saturated heterocycles. The van der Waals surface area contributed by atoms with Crippen molar-refractivity contribution >= 4 is 34.0 Å². The van der Waals surface area contributed by atoms with Gasteiger partial charge in [0.2, 0.25) is 0 Å². The number of amides is 2. The van der Waals surface area contributed by atoms with Crippen LogP contribution in [0, 0.1) is 0 Å². The van der Waals surface area contributed by atoms with Gasteiger partial charge in [0.05, 0.1) is 30.3 Å². The van der Waals surface area contributed by atoms with Gasteiger partial charge in [0.1, 0.15) is 5.82 Å². The molecule has 0 aliphatic carbocycles. The molecule has 0 spiro atoms. The van der Waals surface area contributed by atoms with Crippen molar-refractivity contribution in [3.63, 3.8) is 0 Å². The summed E-state index contributed by atoms with van der Waals surface area (Å²) in [4.78, 5) is 24.7. The number of carbonyl (C=O) groups excluding carboxylic acids is 1. The first-order valence-corrected chi connectivity index (χ1v) is 13.4. The molecule has 0 bridgehead atoms. The van der Waals surface area contributed by atoms with Gasteiger partial charge in [-0.15, -0.1) is 0 Å². The summed E-state index contributed by atoms with van der Waals surface area (Å²) < 4.78 is 5.45. The first-order chi connectivity index (χ1) is 18.8. The Balaban J connectivity index is 1.36. The Morgan fingerprint density at radius 1 is 0.923 bits per heavy atom. The summed E-state index contributed by atoms with van der Waals surface area (Å²) in [5.41, 5.74) is 5.47. The summed E-state index contributed by atoms with van der Waals surface area (Å²) >= 11 is 0. The van der Waals surface area contributed by atoms with E-state index in [1.807, 2.05) is 48.8 Å². The lowest BCUT2D eigenvalue weighted by Gasteiger charge is -2.26. The van der Waals surface area contributed by atoms with E-state index < -0.39 is 0 Å². The third-order valence-electron chi connectivity index (χ3n) is 7.04. The van der Waals surface area contributed by atoms with Crippen molar-refractivity contribution in [2.24, 2.45) is 0 Å². The highest BCUT2D eigenvalue weighted by molar-refractivity contribution is 6.10. The summed E-state index contributed by atoms with van der Waals surface area (Å²) in [5, 5.41) is 11.1. The molecule has 3 N–H and O–H groups in total. The molecule has 1 aliphatic rings.